The van der Waals surface area contributed by atoms with E-state index in [1.54, 1.807) is 36.4 Å². The van der Waals surface area contributed by atoms with E-state index in [0.29, 0.717) is 16.9 Å². The van der Waals surface area contributed by atoms with Crippen molar-refractivity contribution in [2.45, 2.75) is 38.7 Å². The molecule has 0 unspecified atom stereocenters. The van der Waals surface area contributed by atoms with Crippen LogP contribution in [-0.4, -0.2) is 36.9 Å². The van der Waals surface area contributed by atoms with Crippen molar-refractivity contribution in [3.8, 4) is 5.75 Å². The highest BCUT2D eigenvalue weighted by molar-refractivity contribution is 7.91. The minimum absolute atomic E-state index is 0.0623. The predicted octanol–water partition coefficient (Wildman–Crippen LogP) is 4.65. The van der Waals surface area contributed by atoms with Crippen LogP contribution in [-0.2, 0) is 42.0 Å². The molecule has 0 saturated carbocycles. The molecule has 0 heterocycles. The van der Waals surface area contributed by atoms with Gasteiger partial charge in [0.25, 0.3) is 10.1 Å². The molecule has 204 valence electrons. The maximum Gasteiger partial charge on any atom is 0.269 e. The Kier molecular flexibility index (Phi) is 7.99. The van der Waals surface area contributed by atoms with E-state index in [2.05, 4.69) is 0 Å². The van der Waals surface area contributed by atoms with Crippen LogP contribution in [0.1, 0.15) is 22.3 Å². The third-order valence-corrected chi connectivity index (χ3v) is 10.4. The summed E-state index contributed by atoms with van der Waals surface area (Å²) >= 11 is 0. The van der Waals surface area contributed by atoms with Gasteiger partial charge in [0.15, 0.2) is 0 Å². The van der Waals surface area contributed by atoms with Gasteiger partial charge < -0.3 is 4.74 Å². The monoisotopic (exact) mass is 586 g/mol. The number of hydrogen-bond donors (Lipinski definition) is 1. The van der Waals surface area contributed by atoms with Crippen LogP contribution in [0.25, 0.3) is 0 Å². The lowest BCUT2D eigenvalue weighted by molar-refractivity contribution is 0.414. The van der Waals surface area contributed by atoms with E-state index in [0.717, 1.165) is 5.56 Å². The van der Waals surface area contributed by atoms with Crippen molar-refractivity contribution >= 4 is 29.8 Å². The first-order valence-electron chi connectivity index (χ1n) is 11.7. The molecule has 39 heavy (non-hydrogen) atoms. The van der Waals surface area contributed by atoms with Crippen LogP contribution < -0.4 is 4.74 Å². The average Bonchev–Trinajstić information content (AvgIpc) is 2.89. The highest BCUT2D eigenvalue weighted by Crippen LogP contribution is 2.27. The number of methoxy groups -OCH3 is 1. The fourth-order valence-electron chi connectivity index (χ4n) is 4.02. The third kappa shape index (κ3) is 6.56. The molecule has 11 heteroatoms. The summed E-state index contributed by atoms with van der Waals surface area (Å²) in [7, 11) is -10.7. The second kappa shape index (κ2) is 10.9. The zero-order chi connectivity index (χ0) is 28.4. The Bertz CT molecular complexity index is 1810. The van der Waals surface area contributed by atoms with Gasteiger partial charge in [0.05, 0.1) is 26.7 Å². The summed E-state index contributed by atoms with van der Waals surface area (Å²) in [5.74, 6) is -0.244. The van der Waals surface area contributed by atoms with Crippen molar-refractivity contribution < 1.29 is 34.5 Å². The van der Waals surface area contributed by atoms with E-state index in [1.807, 2.05) is 6.92 Å². The molecule has 0 aliphatic rings. The SMILES string of the molecule is COc1ccc(S(=O)(=O)c2ccc(Cc3ccc(S(=O)(=O)c4ccc(C)cc4)cc3CS(=O)(=O)O)cc2)cc1. The fraction of sp³-hybridized carbons (Fsp3) is 0.143. The number of sulfone groups is 2. The van der Waals surface area contributed by atoms with Crippen molar-refractivity contribution in [2.75, 3.05) is 7.11 Å². The van der Waals surface area contributed by atoms with Gasteiger partial charge in [-0.1, -0.05) is 35.9 Å². The van der Waals surface area contributed by atoms with Crippen LogP contribution in [0, 0.1) is 6.92 Å². The Hall–Kier alpha value is -3.51. The molecule has 0 spiro atoms. The lowest BCUT2D eigenvalue weighted by Gasteiger charge is -2.13. The van der Waals surface area contributed by atoms with Gasteiger partial charge in [-0.3, -0.25) is 4.55 Å². The summed E-state index contributed by atoms with van der Waals surface area (Å²) < 4.78 is 90.3. The van der Waals surface area contributed by atoms with E-state index in [-0.39, 0.29) is 31.6 Å². The van der Waals surface area contributed by atoms with E-state index in [9.17, 15) is 29.8 Å². The summed E-state index contributed by atoms with van der Waals surface area (Å²) in [6, 6.07) is 22.6. The number of rotatable bonds is 9. The predicted molar refractivity (Wildman–Crippen MR) is 146 cm³/mol. The van der Waals surface area contributed by atoms with Crippen molar-refractivity contribution in [3.05, 3.63) is 113 Å². The maximum absolute atomic E-state index is 13.1. The summed E-state index contributed by atoms with van der Waals surface area (Å²) in [5.41, 5.74) is 2.15. The van der Waals surface area contributed by atoms with Gasteiger partial charge in [-0.15, -0.1) is 0 Å². The van der Waals surface area contributed by atoms with E-state index in [1.165, 1.54) is 61.7 Å². The van der Waals surface area contributed by atoms with Gasteiger partial charge in [-0.2, -0.15) is 8.42 Å². The van der Waals surface area contributed by atoms with Crippen LogP contribution in [0.4, 0.5) is 0 Å². The molecule has 0 aliphatic carbocycles. The minimum atomic E-state index is -4.47. The molecule has 0 amide bonds. The summed E-state index contributed by atoms with van der Waals surface area (Å²) in [5, 5.41) is 0. The molecule has 0 aromatic heterocycles. The highest BCUT2D eigenvalue weighted by atomic mass is 32.2. The first kappa shape index (κ1) is 28.5. The standard InChI is InChI=1S/C28H26O8S3/c1-20-3-10-25(11-4-20)39(34,35)28-14-7-22(23(18-28)19-37(29,30)31)17-21-5-12-26(13-6-21)38(32,33)27-15-8-24(36-2)9-16-27/h3-16,18H,17,19H2,1-2H3,(H,29,30,31). The van der Waals surface area contributed by atoms with Crippen LogP contribution >= 0.6 is 0 Å². The summed E-state index contributed by atoms with van der Waals surface area (Å²) in [4.78, 5) is 0.146. The van der Waals surface area contributed by atoms with Gasteiger partial charge in [-0.05, 0) is 90.7 Å². The number of benzene rings is 4. The minimum Gasteiger partial charge on any atom is -0.497 e. The molecule has 4 aromatic carbocycles. The smallest absolute Gasteiger partial charge is 0.269 e. The van der Waals surface area contributed by atoms with Crippen molar-refractivity contribution in [1.82, 2.24) is 0 Å². The molecule has 8 nitrogen and oxygen atoms in total. The van der Waals surface area contributed by atoms with Crippen molar-refractivity contribution in [2.24, 2.45) is 0 Å². The van der Waals surface area contributed by atoms with E-state index in [4.69, 9.17) is 4.74 Å². The van der Waals surface area contributed by atoms with E-state index < -0.39 is 35.5 Å². The average molecular weight is 587 g/mol. The molecule has 0 aliphatic heterocycles. The Morgan fingerprint density at radius 3 is 1.59 bits per heavy atom. The Balaban J connectivity index is 1.65. The third-order valence-electron chi connectivity index (χ3n) is 6.16. The second-order valence-electron chi connectivity index (χ2n) is 8.97. The largest absolute Gasteiger partial charge is 0.497 e. The van der Waals surface area contributed by atoms with Gasteiger partial charge >= 0.3 is 0 Å². The molecule has 4 rings (SSSR count). The Labute approximate surface area is 228 Å². The Morgan fingerprint density at radius 1 is 0.615 bits per heavy atom. The Morgan fingerprint density at radius 2 is 1.08 bits per heavy atom. The summed E-state index contributed by atoms with van der Waals surface area (Å²) in [6.45, 7) is 1.83. The molecule has 0 atom stereocenters. The fourth-order valence-corrected chi connectivity index (χ4v) is 7.26. The lowest BCUT2D eigenvalue weighted by Crippen LogP contribution is -2.09. The normalized spacial score (nSPS) is 12.3. The van der Waals surface area contributed by atoms with Gasteiger partial charge in [0.1, 0.15) is 11.5 Å². The molecule has 4 aromatic rings. The molecular formula is C28H26O8S3. The number of hydrogen-bond acceptors (Lipinski definition) is 7. The molecule has 0 saturated heterocycles. The van der Waals surface area contributed by atoms with Crippen LogP contribution in [0.5, 0.6) is 5.75 Å². The zero-order valence-corrected chi connectivity index (χ0v) is 23.6. The first-order valence-corrected chi connectivity index (χ1v) is 16.2. The van der Waals surface area contributed by atoms with Crippen LogP contribution in [0.15, 0.2) is 111 Å². The maximum atomic E-state index is 13.1. The number of ether oxygens (including phenoxy) is 1. The lowest BCUT2D eigenvalue weighted by atomic mass is 10.0. The topological polar surface area (TPSA) is 132 Å². The highest BCUT2D eigenvalue weighted by Gasteiger charge is 2.22. The zero-order valence-electron chi connectivity index (χ0n) is 21.1. The van der Waals surface area contributed by atoms with E-state index >= 15 is 0 Å². The van der Waals surface area contributed by atoms with Crippen molar-refractivity contribution in [1.29, 1.82) is 0 Å². The molecule has 0 radical (unpaired) electrons. The van der Waals surface area contributed by atoms with Gasteiger partial charge in [0, 0.05) is 0 Å². The quantitative estimate of drug-likeness (QED) is 0.281. The summed E-state index contributed by atoms with van der Waals surface area (Å²) in [6.07, 6.45) is 0.179. The molecule has 1 N–H and O–H groups in total. The number of aryl methyl sites for hydroxylation is 1. The van der Waals surface area contributed by atoms with Crippen molar-refractivity contribution in [3.63, 3.8) is 0 Å². The van der Waals surface area contributed by atoms with Gasteiger partial charge in [-0.25, -0.2) is 16.8 Å². The van der Waals surface area contributed by atoms with Crippen LogP contribution in [0.2, 0.25) is 0 Å². The van der Waals surface area contributed by atoms with Gasteiger partial charge in [0.2, 0.25) is 19.7 Å². The molecular weight excluding hydrogens is 561 g/mol. The first-order chi connectivity index (χ1) is 18.3. The van der Waals surface area contributed by atoms with Crippen LogP contribution in [0.3, 0.4) is 0 Å². The molecule has 0 fully saturated rings. The second-order valence-corrected chi connectivity index (χ2v) is 14.3. The molecule has 0 bridgehead atoms.